The van der Waals surface area contributed by atoms with Crippen LogP contribution in [0.4, 0.5) is 0 Å². The number of thioether (sulfide) groups is 1. The maximum atomic E-state index is 5.62. The molecule has 0 amide bonds. The van der Waals surface area contributed by atoms with E-state index in [1.807, 2.05) is 17.8 Å². The molecule has 4 heteroatoms. The summed E-state index contributed by atoms with van der Waals surface area (Å²) in [5.41, 5.74) is -0.0590. The van der Waals surface area contributed by atoms with Crippen LogP contribution < -0.4 is 0 Å². The lowest BCUT2D eigenvalue weighted by molar-refractivity contribution is 0.194. The highest BCUT2D eigenvalue weighted by molar-refractivity contribution is 7.99. The molecule has 1 aliphatic heterocycles. The zero-order valence-electron chi connectivity index (χ0n) is 11.1. The Labute approximate surface area is 113 Å². The van der Waals surface area contributed by atoms with E-state index < -0.39 is 0 Å². The van der Waals surface area contributed by atoms with Crippen molar-refractivity contribution >= 4 is 17.7 Å². The molecule has 0 N–H and O–H groups in total. The Balaban J connectivity index is 2.08. The van der Waals surface area contributed by atoms with Crippen LogP contribution in [0.15, 0.2) is 40.4 Å². The van der Waals surface area contributed by atoms with Gasteiger partial charge in [0, 0.05) is 16.6 Å². The Morgan fingerprint density at radius 3 is 2.83 bits per heavy atom. The molecule has 3 nitrogen and oxygen atoms in total. The van der Waals surface area contributed by atoms with Gasteiger partial charge in [-0.25, -0.2) is 0 Å². The number of nitrogens with zero attached hydrogens (tertiary/aromatic N) is 1. The highest BCUT2D eigenvalue weighted by Gasteiger charge is 2.44. The summed E-state index contributed by atoms with van der Waals surface area (Å²) in [6.07, 6.45) is 0. The molecule has 2 atom stereocenters. The zero-order chi connectivity index (χ0) is 13.0. The van der Waals surface area contributed by atoms with Gasteiger partial charge in [-0.05, 0) is 19.1 Å². The largest absolute Gasteiger partial charge is 0.478 e. The molecule has 1 aromatic rings. The first-order valence-corrected chi connectivity index (χ1v) is 7.07. The minimum absolute atomic E-state index is 0.0590. The smallest absolute Gasteiger partial charge is 0.232 e. The molecule has 0 spiro atoms. The molecule has 0 unspecified atom stereocenters. The lowest BCUT2D eigenvalue weighted by Crippen LogP contribution is -2.31. The van der Waals surface area contributed by atoms with Crippen molar-refractivity contribution in [2.24, 2.45) is 16.5 Å². The maximum Gasteiger partial charge on any atom is 0.232 e. The van der Waals surface area contributed by atoms with Gasteiger partial charge in [-0.15, -0.1) is 11.8 Å². The van der Waals surface area contributed by atoms with Crippen LogP contribution in [0.2, 0.25) is 0 Å². The summed E-state index contributed by atoms with van der Waals surface area (Å²) in [7, 11) is 1.56. The van der Waals surface area contributed by atoms with Crippen molar-refractivity contribution in [2.75, 3.05) is 19.5 Å². The monoisotopic (exact) mass is 265 g/mol. The predicted octanol–water partition coefficient (Wildman–Crippen LogP) is 3.41. The molecule has 1 saturated heterocycles. The SMILES string of the molecule is CO/N=C1\OC[C@H](C)[C@@]1(C)CSc1ccccc1. The fraction of sp³-hybridized carbons (Fsp3) is 0.500. The molecule has 98 valence electrons. The Hall–Kier alpha value is -1.16. The average molecular weight is 265 g/mol. The number of hydrogen-bond acceptors (Lipinski definition) is 4. The number of benzene rings is 1. The van der Waals surface area contributed by atoms with Gasteiger partial charge in [0.1, 0.15) is 7.11 Å². The van der Waals surface area contributed by atoms with Crippen molar-refractivity contribution in [2.45, 2.75) is 18.7 Å². The van der Waals surface area contributed by atoms with Crippen LogP contribution in [0, 0.1) is 11.3 Å². The maximum absolute atomic E-state index is 5.62. The molecule has 1 fully saturated rings. The molecule has 0 aliphatic carbocycles. The number of oxime groups is 1. The second kappa shape index (κ2) is 5.65. The standard InChI is InChI=1S/C14H19NO2S/c1-11-9-17-13(15-16-3)14(11,2)10-18-12-7-5-4-6-8-12/h4-8,11H,9-10H2,1-3H3/b15-13-/t11-,14+/m0/s1. The summed E-state index contributed by atoms with van der Waals surface area (Å²) in [5, 5.41) is 4.02. The van der Waals surface area contributed by atoms with Crippen LogP contribution in [0.5, 0.6) is 0 Å². The van der Waals surface area contributed by atoms with Crippen molar-refractivity contribution in [1.82, 2.24) is 0 Å². The van der Waals surface area contributed by atoms with E-state index in [0.717, 1.165) is 11.7 Å². The van der Waals surface area contributed by atoms with Gasteiger partial charge in [0.15, 0.2) is 0 Å². The van der Waals surface area contributed by atoms with Gasteiger partial charge in [-0.3, -0.25) is 0 Å². The molecular weight excluding hydrogens is 246 g/mol. The van der Waals surface area contributed by atoms with E-state index in [4.69, 9.17) is 9.57 Å². The van der Waals surface area contributed by atoms with Crippen LogP contribution in [-0.2, 0) is 9.57 Å². The summed E-state index contributed by atoms with van der Waals surface area (Å²) in [6.45, 7) is 5.11. The summed E-state index contributed by atoms with van der Waals surface area (Å²) < 4.78 is 5.62. The van der Waals surface area contributed by atoms with Crippen molar-refractivity contribution < 1.29 is 9.57 Å². The predicted molar refractivity (Wildman–Crippen MR) is 74.8 cm³/mol. The van der Waals surface area contributed by atoms with Gasteiger partial charge in [0.25, 0.3) is 0 Å². The summed E-state index contributed by atoms with van der Waals surface area (Å²) in [5.74, 6) is 2.11. The Morgan fingerprint density at radius 1 is 1.44 bits per heavy atom. The zero-order valence-corrected chi connectivity index (χ0v) is 11.9. The number of rotatable bonds is 4. The third-order valence-electron chi connectivity index (χ3n) is 3.50. The third kappa shape index (κ3) is 2.64. The number of ether oxygens (including phenoxy) is 1. The Morgan fingerprint density at radius 2 is 2.17 bits per heavy atom. The second-order valence-electron chi connectivity index (χ2n) is 4.81. The van der Waals surface area contributed by atoms with Crippen LogP contribution in [0.1, 0.15) is 13.8 Å². The van der Waals surface area contributed by atoms with E-state index in [1.165, 1.54) is 4.90 Å². The lowest BCUT2D eigenvalue weighted by atomic mass is 9.82. The third-order valence-corrected chi connectivity index (χ3v) is 4.85. The molecule has 0 radical (unpaired) electrons. The Bertz CT molecular complexity index is 421. The quantitative estimate of drug-likeness (QED) is 0.617. The molecule has 1 aromatic carbocycles. The van der Waals surface area contributed by atoms with E-state index in [2.05, 4.69) is 43.3 Å². The van der Waals surface area contributed by atoms with E-state index in [9.17, 15) is 0 Å². The number of hydrogen-bond donors (Lipinski definition) is 0. The van der Waals surface area contributed by atoms with Gasteiger partial charge in [0.05, 0.1) is 12.0 Å². The topological polar surface area (TPSA) is 30.8 Å². The molecular formula is C14H19NO2S. The molecule has 18 heavy (non-hydrogen) atoms. The highest BCUT2D eigenvalue weighted by Crippen LogP contribution is 2.40. The first-order chi connectivity index (χ1) is 8.66. The van der Waals surface area contributed by atoms with Gasteiger partial charge in [0.2, 0.25) is 5.90 Å². The van der Waals surface area contributed by atoms with Crippen molar-refractivity contribution in [3.8, 4) is 0 Å². The highest BCUT2D eigenvalue weighted by atomic mass is 32.2. The van der Waals surface area contributed by atoms with Crippen LogP contribution in [0.25, 0.3) is 0 Å². The van der Waals surface area contributed by atoms with Gasteiger partial charge >= 0.3 is 0 Å². The van der Waals surface area contributed by atoms with Crippen molar-refractivity contribution in [3.63, 3.8) is 0 Å². The molecule has 1 heterocycles. The molecule has 0 bridgehead atoms. The molecule has 1 aliphatic rings. The minimum Gasteiger partial charge on any atom is -0.478 e. The van der Waals surface area contributed by atoms with Gasteiger partial charge in [-0.2, -0.15) is 0 Å². The van der Waals surface area contributed by atoms with Crippen molar-refractivity contribution in [3.05, 3.63) is 30.3 Å². The van der Waals surface area contributed by atoms with Crippen LogP contribution in [0.3, 0.4) is 0 Å². The van der Waals surface area contributed by atoms with E-state index in [1.54, 1.807) is 7.11 Å². The van der Waals surface area contributed by atoms with Crippen LogP contribution >= 0.6 is 11.8 Å². The minimum atomic E-state index is -0.0590. The van der Waals surface area contributed by atoms with E-state index in [-0.39, 0.29) is 5.41 Å². The molecule has 0 saturated carbocycles. The Kier molecular flexibility index (Phi) is 4.17. The first-order valence-electron chi connectivity index (χ1n) is 6.09. The summed E-state index contributed by atoms with van der Waals surface area (Å²) in [6, 6.07) is 10.4. The second-order valence-corrected chi connectivity index (χ2v) is 5.86. The molecule has 2 rings (SSSR count). The summed E-state index contributed by atoms with van der Waals surface area (Å²) >= 11 is 1.83. The lowest BCUT2D eigenvalue weighted by Gasteiger charge is -2.25. The fourth-order valence-corrected chi connectivity index (χ4v) is 3.16. The fourth-order valence-electron chi connectivity index (χ4n) is 1.93. The first kappa shape index (κ1) is 13.3. The van der Waals surface area contributed by atoms with E-state index >= 15 is 0 Å². The molecule has 0 aromatic heterocycles. The summed E-state index contributed by atoms with van der Waals surface area (Å²) in [4.78, 5) is 6.15. The normalized spacial score (nSPS) is 29.3. The van der Waals surface area contributed by atoms with E-state index in [0.29, 0.717) is 12.5 Å². The van der Waals surface area contributed by atoms with Crippen molar-refractivity contribution in [1.29, 1.82) is 0 Å². The van der Waals surface area contributed by atoms with Crippen LogP contribution in [-0.4, -0.2) is 25.4 Å². The van der Waals surface area contributed by atoms with Gasteiger partial charge in [-0.1, -0.05) is 30.3 Å². The van der Waals surface area contributed by atoms with Gasteiger partial charge < -0.3 is 9.57 Å². The average Bonchev–Trinajstić information content (AvgIpc) is 2.67.